The van der Waals surface area contributed by atoms with Gasteiger partial charge in [0.1, 0.15) is 0 Å². The van der Waals surface area contributed by atoms with Gasteiger partial charge in [0.05, 0.1) is 6.04 Å². The minimum atomic E-state index is 0.211. The molecule has 0 amide bonds. The summed E-state index contributed by atoms with van der Waals surface area (Å²) in [6, 6.07) is 4.94. The molecule has 0 radical (unpaired) electrons. The van der Waals surface area contributed by atoms with Gasteiger partial charge < -0.3 is 9.88 Å². The molecule has 0 bridgehead atoms. The molecule has 0 aromatic carbocycles. The van der Waals surface area contributed by atoms with Crippen molar-refractivity contribution in [3.05, 3.63) is 24.0 Å². The molecule has 1 N–H and O–H groups in total. The Morgan fingerprint density at radius 1 is 1.50 bits per heavy atom. The van der Waals surface area contributed by atoms with Crippen LogP contribution in [0.3, 0.4) is 0 Å². The largest absolute Gasteiger partial charge is 0.345 e. The molecule has 2 nitrogen and oxygen atoms in total. The Balaban J connectivity index is 2.36. The number of nitrogens with one attached hydrogen (secondary N) is 1. The summed E-state index contributed by atoms with van der Waals surface area (Å²) in [5, 5.41) is 3.33. The molecule has 2 heteroatoms. The molecule has 1 atom stereocenters. The number of aromatic nitrogens is 1. The van der Waals surface area contributed by atoms with E-state index in [1.165, 1.54) is 5.69 Å². The van der Waals surface area contributed by atoms with Gasteiger partial charge in [-0.05, 0) is 32.9 Å². The van der Waals surface area contributed by atoms with Crippen LogP contribution in [0.4, 0.5) is 0 Å². The van der Waals surface area contributed by atoms with Gasteiger partial charge in [-0.25, -0.2) is 0 Å². The standard InChI is InChI=1S/C10H16N2/c1-10(2,3)12-6-4-5-9(12)8-7-11-8/h4-6,8,11H,7H2,1-3H3/t8-/m1/s1. The molecule has 1 aromatic rings. The van der Waals surface area contributed by atoms with Gasteiger partial charge in [-0.15, -0.1) is 0 Å². The van der Waals surface area contributed by atoms with Crippen LogP contribution in [0.2, 0.25) is 0 Å². The number of hydrogen-bond acceptors (Lipinski definition) is 1. The van der Waals surface area contributed by atoms with Crippen LogP contribution in [-0.2, 0) is 5.54 Å². The van der Waals surface area contributed by atoms with E-state index in [9.17, 15) is 0 Å². The fourth-order valence-corrected chi connectivity index (χ4v) is 1.56. The van der Waals surface area contributed by atoms with Crippen molar-refractivity contribution in [3.63, 3.8) is 0 Å². The maximum absolute atomic E-state index is 3.33. The second-order valence-electron chi connectivity index (χ2n) is 4.43. The van der Waals surface area contributed by atoms with Gasteiger partial charge in [-0.3, -0.25) is 0 Å². The van der Waals surface area contributed by atoms with E-state index in [1.807, 2.05) is 0 Å². The zero-order valence-electron chi connectivity index (χ0n) is 7.96. The minimum absolute atomic E-state index is 0.211. The van der Waals surface area contributed by atoms with E-state index in [1.54, 1.807) is 0 Å². The molecule has 1 saturated heterocycles. The van der Waals surface area contributed by atoms with Crippen molar-refractivity contribution < 1.29 is 0 Å². The molecule has 0 aliphatic carbocycles. The van der Waals surface area contributed by atoms with Gasteiger partial charge in [0.15, 0.2) is 0 Å². The van der Waals surface area contributed by atoms with E-state index in [2.05, 4.69) is 49.0 Å². The highest BCUT2D eigenvalue weighted by Crippen LogP contribution is 2.27. The SMILES string of the molecule is CC(C)(C)n1cccc1[C@H]1CN1. The smallest absolute Gasteiger partial charge is 0.0602 e. The molecule has 2 heterocycles. The average molecular weight is 164 g/mol. The summed E-state index contributed by atoms with van der Waals surface area (Å²) in [4.78, 5) is 0. The van der Waals surface area contributed by atoms with Gasteiger partial charge in [0, 0.05) is 24.0 Å². The van der Waals surface area contributed by atoms with Crippen molar-refractivity contribution in [1.82, 2.24) is 9.88 Å². The number of hydrogen-bond donors (Lipinski definition) is 1. The summed E-state index contributed by atoms with van der Waals surface area (Å²) in [6.45, 7) is 7.84. The van der Waals surface area contributed by atoms with Crippen molar-refractivity contribution in [2.45, 2.75) is 32.4 Å². The van der Waals surface area contributed by atoms with Crippen molar-refractivity contribution in [2.24, 2.45) is 0 Å². The van der Waals surface area contributed by atoms with Crippen molar-refractivity contribution >= 4 is 0 Å². The molecule has 1 fully saturated rings. The zero-order valence-corrected chi connectivity index (χ0v) is 7.96. The van der Waals surface area contributed by atoms with Crippen molar-refractivity contribution in [2.75, 3.05) is 6.54 Å². The fraction of sp³-hybridized carbons (Fsp3) is 0.600. The van der Waals surface area contributed by atoms with E-state index < -0.39 is 0 Å². The molecule has 66 valence electrons. The molecular formula is C10H16N2. The molecule has 12 heavy (non-hydrogen) atoms. The summed E-state index contributed by atoms with van der Waals surface area (Å²) in [6.07, 6.45) is 2.16. The first-order valence-corrected chi connectivity index (χ1v) is 4.50. The highest BCUT2D eigenvalue weighted by Gasteiger charge is 2.28. The molecule has 1 aliphatic rings. The van der Waals surface area contributed by atoms with Gasteiger partial charge in [-0.2, -0.15) is 0 Å². The number of rotatable bonds is 1. The number of nitrogens with zero attached hydrogens (tertiary/aromatic N) is 1. The Bertz CT molecular complexity index is 276. The lowest BCUT2D eigenvalue weighted by Crippen LogP contribution is -2.23. The van der Waals surface area contributed by atoms with Gasteiger partial charge in [0.25, 0.3) is 0 Å². The average Bonchev–Trinajstić information content (AvgIpc) is 2.65. The van der Waals surface area contributed by atoms with Crippen LogP contribution >= 0.6 is 0 Å². The second-order valence-corrected chi connectivity index (χ2v) is 4.43. The Morgan fingerprint density at radius 2 is 2.17 bits per heavy atom. The zero-order chi connectivity index (χ0) is 8.77. The molecule has 2 rings (SSSR count). The monoisotopic (exact) mass is 164 g/mol. The summed E-state index contributed by atoms with van der Waals surface area (Å²) in [7, 11) is 0. The molecular weight excluding hydrogens is 148 g/mol. The van der Waals surface area contributed by atoms with E-state index in [0.29, 0.717) is 6.04 Å². The quantitative estimate of drug-likeness (QED) is 0.630. The second kappa shape index (κ2) is 2.36. The van der Waals surface area contributed by atoms with Crippen LogP contribution in [0.1, 0.15) is 32.5 Å². The molecule has 0 saturated carbocycles. The normalized spacial score (nSPS) is 22.8. The first-order chi connectivity index (χ1) is 5.59. The van der Waals surface area contributed by atoms with Crippen molar-refractivity contribution in [1.29, 1.82) is 0 Å². The maximum atomic E-state index is 3.33. The van der Waals surface area contributed by atoms with E-state index >= 15 is 0 Å². The fourth-order valence-electron chi connectivity index (χ4n) is 1.56. The maximum Gasteiger partial charge on any atom is 0.0602 e. The molecule has 0 unspecified atom stereocenters. The van der Waals surface area contributed by atoms with Crippen molar-refractivity contribution in [3.8, 4) is 0 Å². The van der Waals surface area contributed by atoms with Gasteiger partial charge in [0.2, 0.25) is 0 Å². The highest BCUT2D eigenvalue weighted by molar-refractivity contribution is 5.19. The van der Waals surface area contributed by atoms with Gasteiger partial charge >= 0.3 is 0 Å². The molecule has 1 aromatic heterocycles. The van der Waals surface area contributed by atoms with E-state index in [-0.39, 0.29) is 5.54 Å². The Labute approximate surface area is 73.6 Å². The van der Waals surface area contributed by atoms with E-state index in [4.69, 9.17) is 0 Å². The molecule has 1 aliphatic heterocycles. The Kier molecular flexibility index (Phi) is 1.55. The minimum Gasteiger partial charge on any atom is -0.345 e. The topological polar surface area (TPSA) is 26.9 Å². The summed E-state index contributed by atoms with van der Waals surface area (Å²) in [5.74, 6) is 0. The van der Waals surface area contributed by atoms with Crippen LogP contribution in [-0.4, -0.2) is 11.1 Å². The highest BCUT2D eigenvalue weighted by atomic mass is 15.2. The predicted molar refractivity (Wildman–Crippen MR) is 50.2 cm³/mol. The summed E-state index contributed by atoms with van der Waals surface area (Å²) < 4.78 is 2.34. The van der Waals surface area contributed by atoms with Crippen LogP contribution in [0.15, 0.2) is 18.3 Å². The Hall–Kier alpha value is -0.760. The van der Waals surface area contributed by atoms with Crippen LogP contribution in [0, 0.1) is 0 Å². The first kappa shape index (κ1) is 7.87. The third kappa shape index (κ3) is 1.27. The lowest BCUT2D eigenvalue weighted by Gasteiger charge is -2.24. The third-order valence-electron chi connectivity index (χ3n) is 2.27. The van der Waals surface area contributed by atoms with Gasteiger partial charge in [-0.1, -0.05) is 0 Å². The van der Waals surface area contributed by atoms with E-state index in [0.717, 1.165) is 6.54 Å². The third-order valence-corrected chi connectivity index (χ3v) is 2.27. The predicted octanol–water partition coefficient (Wildman–Crippen LogP) is 1.89. The lowest BCUT2D eigenvalue weighted by atomic mass is 10.1. The Morgan fingerprint density at radius 3 is 2.67 bits per heavy atom. The summed E-state index contributed by atoms with van der Waals surface area (Å²) in [5.41, 5.74) is 1.63. The van der Waals surface area contributed by atoms with Crippen LogP contribution in [0.25, 0.3) is 0 Å². The first-order valence-electron chi connectivity index (χ1n) is 4.50. The lowest BCUT2D eigenvalue weighted by molar-refractivity contribution is 0.386. The van der Waals surface area contributed by atoms with Crippen LogP contribution in [0.5, 0.6) is 0 Å². The summed E-state index contributed by atoms with van der Waals surface area (Å²) >= 11 is 0. The molecule has 0 spiro atoms. The van der Waals surface area contributed by atoms with Crippen LogP contribution < -0.4 is 5.32 Å².